The zero-order valence-electron chi connectivity index (χ0n) is 22.8. The third-order valence-electron chi connectivity index (χ3n) is 6.38. The number of H-pyrrole nitrogens is 1. The van der Waals surface area contributed by atoms with E-state index in [1.54, 1.807) is 18.5 Å². The van der Waals surface area contributed by atoms with Crippen LogP contribution in [0, 0.1) is 6.92 Å². The molecule has 1 aromatic carbocycles. The molecule has 1 amide bonds. The maximum absolute atomic E-state index is 13.6. The number of amides is 1. The number of nitrogens with zero attached hydrogens (tertiary/aromatic N) is 2. The zero-order chi connectivity index (χ0) is 27.7. The van der Waals surface area contributed by atoms with Crippen LogP contribution >= 0.6 is 11.3 Å². The number of aromatic nitrogens is 3. The molecule has 3 N–H and O–H groups in total. The van der Waals surface area contributed by atoms with E-state index in [-0.39, 0.29) is 29.1 Å². The molecule has 11 heteroatoms. The molecule has 0 unspecified atom stereocenters. The number of sulfonamides is 1. The summed E-state index contributed by atoms with van der Waals surface area (Å²) in [5, 5.41) is 11.0. The molecule has 0 spiro atoms. The number of hydrogen-bond acceptors (Lipinski definition) is 7. The van der Waals surface area contributed by atoms with Crippen molar-refractivity contribution in [2.24, 2.45) is 0 Å². The van der Waals surface area contributed by atoms with E-state index >= 15 is 0 Å². The number of alkyl carbamates (subject to hydrolysis) is 1. The van der Waals surface area contributed by atoms with Crippen molar-refractivity contribution in [1.82, 2.24) is 25.2 Å². The van der Waals surface area contributed by atoms with Gasteiger partial charge in [0.05, 0.1) is 27.1 Å². The van der Waals surface area contributed by atoms with Crippen LogP contribution in [0.5, 0.6) is 0 Å². The van der Waals surface area contributed by atoms with Gasteiger partial charge in [-0.15, -0.1) is 11.3 Å². The molecule has 0 bridgehead atoms. The number of carbonyl (C=O) groups is 1. The minimum atomic E-state index is -3.82. The highest BCUT2D eigenvalue weighted by Gasteiger charge is 2.29. The highest BCUT2D eigenvalue weighted by molar-refractivity contribution is 7.89. The summed E-state index contributed by atoms with van der Waals surface area (Å²) in [5.74, 6) is 0.272. The van der Waals surface area contributed by atoms with Crippen LogP contribution in [-0.2, 0) is 14.8 Å². The third kappa shape index (κ3) is 6.81. The number of nitrogens with one attached hydrogen (secondary N) is 3. The Morgan fingerprint density at radius 3 is 2.45 bits per heavy atom. The number of benzene rings is 1. The van der Waals surface area contributed by atoms with Gasteiger partial charge >= 0.3 is 6.09 Å². The van der Waals surface area contributed by atoms with Crippen LogP contribution < -0.4 is 10.0 Å². The molecule has 3 aromatic rings. The van der Waals surface area contributed by atoms with Crippen molar-refractivity contribution in [2.45, 2.75) is 95.7 Å². The Morgan fingerprint density at radius 2 is 1.84 bits per heavy atom. The highest BCUT2D eigenvalue weighted by atomic mass is 32.2. The second-order valence-corrected chi connectivity index (χ2v) is 13.9. The highest BCUT2D eigenvalue weighted by Crippen LogP contribution is 2.40. The van der Waals surface area contributed by atoms with Gasteiger partial charge in [-0.3, -0.25) is 5.10 Å². The van der Waals surface area contributed by atoms with Crippen LogP contribution in [0.3, 0.4) is 0 Å². The van der Waals surface area contributed by atoms with Gasteiger partial charge < -0.3 is 10.1 Å². The van der Waals surface area contributed by atoms with Gasteiger partial charge in [0.25, 0.3) is 0 Å². The van der Waals surface area contributed by atoms with E-state index in [4.69, 9.17) is 9.72 Å². The first-order valence-corrected chi connectivity index (χ1v) is 15.2. The zero-order valence-corrected chi connectivity index (χ0v) is 24.4. The summed E-state index contributed by atoms with van der Waals surface area (Å²) in [6.07, 6.45) is 6.46. The van der Waals surface area contributed by atoms with Gasteiger partial charge in [0.2, 0.25) is 10.0 Å². The number of thiazole rings is 1. The molecule has 206 valence electrons. The average molecular weight is 560 g/mol. The molecule has 0 aliphatic heterocycles. The lowest BCUT2D eigenvalue weighted by Gasteiger charge is -2.28. The maximum Gasteiger partial charge on any atom is 0.407 e. The average Bonchev–Trinajstić information content (AvgIpc) is 3.46. The number of hydrogen-bond donors (Lipinski definition) is 3. The fourth-order valence-corrected chi connectivity index (χ4v) is 7.57. The van der Waals surface area contributed by atoms with Crippen molar-refractivity contribution in [1.29, 1.82) is 0 Å². The van der Waals surface area contributed by atoms with E-state index in [2.05, 4.69) is 20.2 Å². The van der Waals surface area contributed by atoms with Crippen molar-refractivity contribution >= 4 is 27.5 Å². The normalized spacial score (nSPS) is 18.5. The Morgan fingerprint density at radius 1 is 1.13 bits per heavy atom. The van der Waals surface area contributed by atoms with E-state index in [9.17, 15) is 13.2 Å². The number of rotatable bonds is 7. The molecular formula is C27H37N5O4S2. The second-order valence-electron chi connectivity index (χ2n) is 11.2. The van der Waals surface area contributed by atoms with Crippen molar-refractivity contribution in [2.75, 3.05) is 0 Å². The van der Waals surface area contributed by atoms with Crippen LogP contribution in [0.4, 0.5) is 4.79 Å². The Labute approximate surface area is 228 Å². The second kappa shape index (κ2) is 11.2. The summed E-state index contributed by atoms with van der Waals surface area (Å²) in [6, 6.07) is 5.59. The first-order valence-electron chi connectivity index (χ1n) is 12.9. The van der Waals surface area contributed by atoms with Crippen molar-refractivity contribution in [3.63, 3.8) is 0 Å². The molecular weight excluding hydrogens is 522 g/mol. The van der Waals surface area contributed by atoms with Crippen molar-refractivity contribution in [3.05, 3.63) is 41.3 Å². The molecule has 1 saturated carbocycles. The maximum atomic E-state index is 13.6. The Kier molecular flexibility index (Phi) is 8.29. The fourth-order valence-electron chi connectivity index (χ4n) is 4.72. The van der Waals surface area contributed by atoms with Gasteiger partial charge in [-0.25, -0.2) is 22.9 Å². The summed E-state index contributed by atoms with van der Waals surface area (Å²) in [6.45, 7) is 11.0. The van der Waals surface area contributed by atoms with Gasteiger partial charge in [-0.05, 0) is 78.9 Å². The molecule has 2 aromatic heterocycles. The molecule has 0 saturated heterocycles. The quantitative estimate of drug-likeness (QED) is 0.339. The molecule has 9 nitrogen and oxygen atoms in total. The molecule has 1 fully saturated rings. The Balaban J connectivity index is 1.58. The monoisotopic (exact) mass is 559 g/mol. The largest absolute Gasteiger partial charge is 0.447 e. The molecule has 0 radical (unpaired) electrons. The van der Waals surface area contributed by atoms with E-state index in [1.807, 2.05) is 53.7 Å². The van der Waals surface area contributed by atoms with E-state index < -0.39 is 15.6 Å². The van der Waals surface area contributed by atoms with Gasteiger partial charge in [-0.2, -0.15) is 5.10 Å². The number of ether oxygens (including phenoxy) is 1. The topological polar surface area (TPSA) is 126 Å². The van der Waals surface area contributed by atoms with Crippen LogP contribution in [0.1, 0.15) is 76.9 Å². The molecule has 1 aliphatic rings. The summed E-state index contributed by atoms with van der Waals surface area (Å²) >= 11 is 1.54. The molecule has 38 heavy (non-hydrogen) atoms. The smallest absolute Gasteiger partial charge is 0.407 e. The van der Waals surface area contributed by atoms with Crippen LogP contribution in [0.15, 0.2) is 35.5 Å². The number of carbonyl (C=O) groups excluding carboxylic acids is 1. The van der Waals surface area contributed by atoms with Crippen molar-refractivity contribution in [3.8, 4) is 21.6 Å². The van der Waals surface area contributed by atoms with Crippen LogP contribution in [-0.4, -0.2) is 47.4 Å². The summed E-state index contributed by atoms with van der Waals surface area (Å²) in [5.41, 5.74) is 2.50. The summed E-state index contributed by atoms with van der Waals surface area (Å²) < 4.78 is 35.1. The molecule has 4 rings (SSSR count). The molecule has 0 atom stereocenters. The van der Waals surface area contributed by atoms with Gasteiger partial charge in [0.15, 0.2) is 0 Å². The van der Waals surface area contributed by atoms with Crippen LogP contribution in [0.2, 0.25) is 0 Å². The van der Waals surface area contributed by atoms with Gasteiger partial charge in [0.1, 0.15) is 0 Å². The minimum absolute atomic E-state index is 0.0936. The standard InChI is InChI=1S/C27H37N5O4S2/c1-16(2)36-26(33)30-20-10-7-18(8-11-20)25-28-15-23(37-25)21-12-9-19(22-14-29-31-17(22)3)13-24(21)38(34,35)32-27(4,5)6/h9,12-16,18,20,32H,7-8,10-11H2,1-6H3,(H,29,31)(H,30,33)/t18-,20-. The number of aromatic amines is 1. The fraction of sp³-hybridized carbons (Fsp3) is 0.519. The molecule has 2 heterocycles. The third-order valence-corrected chi connectivity index (χ3v) is 9.37. The first-order chi connectivity index (χ1) is 17.8. The van der Waals surface area contributed by atoms with Crippen molar-refractivity contribution < 1.29 is 17.9 Å². The SMILES string of the molecule is Cc1[nH]ncc1-c1ccc(-c2cnc([C@H]3CC[C@H](NC(=O)OC(C)C)CC3)s2)c(S(=O)(=O)NC(C)(C)C)c1. The predicted octanol–water partition coefficient (Wildman–Crippen LogP) is 5.75. The summed E-state index contributed by atoms with van der Waals surface area (Å²) in [7, 11) is -3.82. The lowest BCUT2D eigenvalue weighted by Crippen LogP contribution is -2.40. The Bertz CT molecular complexity index is 1380. The van der Waals surface area contributed by atoms with E-state index in [0.717, 1.165) is 52.4 Å². The molecule has 1 aliphatic carbocycles. The van der Waals surface area contributed by atoms with E-state index in [0.29, 0.717) is 5.56 Å². The summed E-state index contributed by atoms with van der Waals surface area (Å²) in [4.78, 5) is 17.7. The predicted molar refractivity (Wildman–Crippen MR) is 150 cm³/mol. The lowest BCUT2D eigenvalue weighted by molar-refractivity contribution is 0.109. The lowest BCUT2D eigenvalue weighted by atomic mass is 9.86. The van der Waals surface area contributed by atoms with E-state index in [1.165, 1.54) is 11.3 Å². The minimum Gasteiger partial charge on any atom is -0.447 e. The van der Waals surface area contributed by atoms with Crippen LogP contribution in [0.25, 0.3) is 21.6 Å². The Hall–Kier alpha value is -2.76. The van der Waals surface area contributed by atoms with Gasteiger partial charge in [0, 0.05) is 40.5 Å². The first kappa shape index (κ1) is 28.3. The van der Waals surface area contributed by atoms with Gasteiger partial charge in [-0.1, -0.05) is 12.1 Å². The number of aryl methyl sites for hydroxylation is 1.